The molecule has 1 amide bonds. The van der Waals surface area contributed by atoms with E-state index in [4.69, 9.17) is 0 Å². The molecule has 1 aliphatic rings. The SMILES string of the molecule is O=C(Nc1ccc(F)cc1)[C@H](N[C@H]1CCN(CC(F)(F)F)C1)c1ccccc1. The molecule has 0 aliphatic carbocycles. The fraction of sp³-hybridized carbons (Fsp3) is 0.350. The van der Waals surface area contributed by atoms with Crippen molar-refractivity contribution in [2.24, 2.45) is 0 Å². The van der Waals surface area contributed by atoms with Crippen molar-refractivity contribution in [3.05, 3.63) is 66.0 Å². The smallest absolute Gasteiger partial charge is 0.324 e. The number of hydrogen-bond acceptors (Lipinski definition) is 3. The van der Waals surface area contributed by atoms with Gasteiger partial charge in [0.2, 0.25) is 5.91 Å². The van der Waals surface area contributed by atoms with Gasteiger partial charge in [-0.15, -0.1) is 0 Å². The lowest BCUT2D eigenvalue weighted by Crippen LogP contribution is -2.42. The molecule has 2 atom stereocenters. The van der Waals surface area contributed by atoms with Crippen molar-refractivity contribution in [2.45, 2.75) is 24.7 Å². The number of benzene rings is 2. The lowest BCUT2D eigenvalue weighted by molar-refractivity contribution is -0.143. The molecule has 2 aromatic carbocycles. The van der Waals surface area contributed by atoms with Gasteiger partial charge in [-0.2, -0.15) is 13.2 Å². The summed E-state index contributed by atoms with van der Waals surface area (Å²) >= 11 is 0. The summed E-state index contributed by atoms with van der Waals surface area (Å²) in [7, 11) is 0. The molecular weight excluding hydrogens is 374 g/mol. The second kappa shape index (κ2) is 8.70. The van der Waals surface area contributed by atoms with Gasteiger partial charge in [0, 0.05) is 24.8 Å². The van der Waals surface area contributed by atoms with Gasteiger partial charge in [-0.1, -0.05) is 30.3 Å². The number of nitrogens with one attached hydrogen (secondary N) is 2. The van der Waals surface area contributed by atoms with E-state index in [1.54, 1.807) is 24.3 Å². The Bertz CT molecular complexity index is 780. The van der Waals surface area contributed by atoms with Crippen LogP contribution in [0, 0.1) is 5.82 Å². The molecule has 0 saturated carbocycles. The van der Waals surface area contributed by atoms with Crippen LogP contribution in [-0.4, -0.2) is 42.7 Å². The number of hydrogen-bond donors (Lipinski definition) is 2. The molecule has 150 valence electrons. The van der Waals surface area contributed by atoms with Gasteiger partial charge < -0.3 is 5.32 Å². The lowest BCUT2D eigenvalue weighted by atomic mass is 10.0. The molecule has 4 nitrogen and oxygen atoms in total. The van der Waals surface area contributed by atoms with Crippen LogP contribution in [0.5, 0.6) is 0 Å². The van der Waals surface area contributed by atoms with E-state index in [0.717, 1.165) is 0 Å². The zero-order valence-electron chi connectivity index (χ0n) is 15.0. The molecule has 1 aliphatic heterocycles. The van der Waals surface area contributed by atoms with E-state index in [0.29, 0.717) is 24.2 Å². The van der Waals surface area contributed by atoms with E-state index >= 15 is 0 Å². The molecule has 0 aromatic heterocycles. The van der Waals surface area contributed by atoms with Crippen LogP contribution < -0.4 is 10.6 Å². The third kappa shape index (κ3) is 5.77. The standard InChI is InChI=1S/C20H21F4N3O/c21-15-6-8-16(9-7-15)26-19(28)18(14-4-2-1-3-5-14)25-17-10-11-27(12-17)13-20(22,23)24/h1-9,17-18,25H,10-13H2,(H,26,28)/t17-,18+/m0/s1. The monoisotopic (exact) mass is 395 g/mol. The van der Waals surface area contributed by atoms with Gasteiger partial charge in [0.1, 0.15) is 11.9 Å². The van der Waals surface area contributed by atoms with E-state index < -0.39 is 24.6 Å². The molecule has 0 spiro atoms. The van der Waals surface area contributed by atoms with E-state index in [-0.39, 0.29) is 18.5 Å². The van der Waals surface area contributed by atoms with Crippen LogP contribution in [0.3, 0.4) is 0 Å². The van der Waals surface area contributed by atoms with Crippen LogP contribution >= 0.6 is 0 Å². The van der Waals surface area contributed by atoms with Crippen molar-refractivity contribution in [2.75, 3.05) is 25.0 Å². The number of anilines is 1. The molecule has 8 heteroatoms. The van der Waals surface area contributed by atoms with E-state index in [1.165, 1.54) is 29.2 Å². The Labute approximate surface area is 160 Å². The number of nitrogens with zero attached hydrogens (tertiary/aromatic N) is 1. The summed E-state index contributed by atoms with van der Waals surface area (Å²) in [5.74, 6) is -0.765. The van der Waals surface area contributed by atoms with Crippen molar-refractivity contribution < 1.29 is 22.4 Å². The summed E-state index contributed by atoms with van der Waals surface area (Å²) in [5.41, 5.74) is 1.15. The molecular formula is C20H21F4N3O. The molecule has 28 heavy (non-hydrogen) atoms. The van der Waals surface area contributed by atoms with Crippen molar-refractivity contribution in [3.8, 4) is 0 Å². The zero-order chi connectivity index (χ0) is 20.1. The van der Waals surface area contributed by atoms with Gasteiger partial charge in [0.25, 0.3) is 0 Å². The predicted octanol–water partition coefficient (Wildman–Crippen LogP) is 3.73. The minimum Gasteiger partial charge on any atom is -0.324 e. The van der Waals surface area contributed by atoms with Gasteiger partial charge in [0.05, 0.1) is 6.54 Å². The highest BCUT2D eigenvalue weighted by atomic mass is 19.4. The highest BCUT2D eigenvalue weighted by Gasteiger charge is 2.35. The zero-order valence-corrected chi connectivity index (χ0v) is 15.0. The molecule has 0 radical (unpaired) electrons. The number of halogens is 4. The van der Waals surface area contributed by atoms with Crippen LogP contribution in [-0.2, 0) is 4.79 Å². The molecule has 0 unspecified atom stereocenters. The van der Waals surface area contributed by atoms with Crippen molar-refractivity contribution in [3.63, 3.8) is 0 Å². The van der Waals surface area contributed by atoms with Crippen molar-refractivity contribution >= 4 is 11.6 Å². The lowest BCUT2D eigenvalue weighted by Gasteiger charge is -2.24. The largest absolute Gasteiger partial charge is 0.401 e. The van der Waals surface area contributed by atoms with Gasteiger partial charge in [-0.3, -0.25) is 15.0 Å². The molecule has 2 aromatic rings. The molecule has 1 heterocycles. The third-order valence-electron chi connectivity index (χ3n) is 4.58. The first-order valence-electron chi connectivity index (χ1n) is 8.97. The summed E-state index contributed by atoms with van der Waals surface area (Å²) in [6.45, 7) is -0.423. The van der Waals surface area contributed by atoms with Gasteiger partial charge in [0.15, 0.2) is 0 Å². The first-order valence-corrected chi connectivity index (χ1v) is 8.97. The topological polar surface area (TPSA) is 44.4 Å². The summed E-state index contributed by atoms with van der Waals surface area (Å²) < 4.78 is 50.9. The minimum absolute atomic E-state index is 0.215. The molecule has 3 rings (SSSR count). The van der Waals surface area contributed by atoms with Gasteiger partial charge >= 0.3 is 6.18 Å². The normalized spacial score (nSPS) is 18.8. The average molecular weight is 395 g/mol. The molecule has 0 bridgehead atoms. The fourth-order valence-electron chi connectivity index (χ4n) is 3.32. The Morgan fingerprint density at radius 2 is 1.79 bits per heavy atom. The van der Waals surface area contributed by atoms with E-state index in [1.807, 2.05) is 6.07 Å². The van der Waals surface area contributed by atoms with Crippen molar-refractivity contribution in [1.29, 1.82) is 0 Å². The first-order chi connectivity index (χ1) is 13.3. The second-order valence-corrected chi connectivity index (χ2v) is 6.84. The number of likely N-dealkylation sites (tertiary alicyclic amines) is 1. The number of alkyl halides is 3. The highest BCUT2D eigenvalue weighted by Crippen LogP contribution is 2.23. The maximum atomic E-state index is 13.1. The number of amides is 1. The minimum atomic E-state index is -4.24. The van der Waals surface area contributed by atoms with Gasteiger partial charge in [-0.05, 0) is 36.2 Å². The summed E-state index contributed by atoms with van der Waals surface area (Å²) in [6.07, 6.45) is -3.73. The predicted molar refractivity (Wildman–Crippen MR) is 98.2 cm³/mol. The van der Waals surface area contributed by atoms with Crippen LogP contribution in [0.25, 0.3) is 0 Å². The van der Waals surface area contributed by atoms with Crippen LogP contribution in [0.2, 0.25) is 0 Å². The second-order valence-electron chi connectivity index (χ2n) is 6.84. The Hall–Kier alpha value is -2.45. The maximum absolute atomic E-state index is 13.1. The van der Waals surface area contributed by atoms with Gasteiger partial charge in [-0.25, -0.2) is 4.39 Å². The average Bonchev–Trinajstić information content (AvgIpc) is 3.07. The molecule has 1 fully saturated rings. The Balaban J connectivity index is 1.69. The molecule has 2 N–H and O–H groups in total. The Kier molecular flexibility index (Phi) is 6.31. The van der Waals surface area contributed by atoms with Crippen LogP contribution in [0.1, 0.15) is 18.0 Å². The van der Waals surface area contributed by atoms with E-state index in [2.05, 4.69) is 10.6 Å². The van der Waals surface area contributed by atoms with E-state index in [9.17, 15) is 22.4 Å². The Morgan fingerprint density at radius 1 is 1.11 bits per heavy atom. The summed E-state index contributed by atoms with van der Waals surface area (Å²) in [4.78, 5) is 14.2. The molecule has 1 saturated heterocycles. The Morgan fingerprint density at radius 3 is 2.43 bits per heavy atom. The van der Waals surface area contributed by atoms with Crippen LogP contribution in [0.15, 0.2) is 54.6 Å². The first kappa shape index (κ1) is 20.3. The quantitative estimate of drug-likeness (QED) is 0.733. The third-order valence-corrected chi connectivity index (χ3v) is 4.58. The number of carbonyl (C=O) groups is 1. The summed E-state index contributed by atoms with van der Waals surface area (Å²) in [5, 5.41) is 5.91. The van der Waals surface area contributed by atoms with Crippen molar-refractivity contribution in [1.82, 2.24) is 10.2 Å². The fourth-order valence-corrected chi connectivity index (χ4v) is 3.32. The highest BCUT2D eigenvalue weighted by molar-refractivity contribution is 5.95. The van der Waals surface area contributed by atoms with Crippen LogP contribution in [0.4, 0.5) is 23.2 Å². The number of carbonyl (C=O) groups excluding carboxylic acids is 1. The summed E-state index contributed by atoms with van der Waals surface area (Å²) in [6, 6.07) is 13.4. The maximum Gasteiger partial charge on any atom is 0.401 e. The number of rotatable bonds is 6.